The molecular formula is C15H22ClN5O2. The average Bonchev–Trinajstić information content (AvgIpc) is 3.00. The molecule has 1 unspecified atom stereocenters. The second-order valence-corrected chi connectivity index (χ2v) is 6.37. The molecule has 8 heteroatoms. The van der Waals surface area contributed by atoms with Gasteiger partial charge in [0, 0.05) is 17.1 Å². The van der Waals surface area contributed by atoms with Gasteiger partial charge in [0.25, 0.3) is 0 Å². The SMILES string of the molecule is CCC(C)(C)NCC(O)COc1nnnn1-c1ccc(Cl)cc1. The highest BCUT2D eigenvalue weighted by Crippen LogP contribution is 2.16. The number of aromatic nitrogens is 4. The molecule has 0 amide bonds. The quantitative estimate of drug-likeness (QED) is 0.763. The number of ether oxygens (including phenoxy) is 1. The first-order chi connectivity index (χ1) is 10.9. The molecule has 2 aromatic rings. The van der Waals surface area contributed by atoms with Gasteiger partial charge in [0.1, 0.15) is 12.7 Å². The second kappa shape index (κ2) is 7.72. The fourth-order valence-corrected chi connectivity index (χ4v) is 1.89. The van der Waals surface area contributed by atoms with E-state index in [0.29, 0.717) is 11.6 Å². The van der Waals surface area contributed by atoms with Gasteiger partial charge in [-0.25, -0.2) is 0 Å². The van der Waals surface area contributed by atoms with E-state index in [2.05, 4.69) is 41.6 Å². The molecule has 0 radical (unpaired) electrons. The van der Waals surface area contributed by atoms with E-state index < -0.39 is 6.10 Å². The largest absolute Gasteiger partial charge is 0.459 e. The lowest BCUT2D eigenvalue weighted by Gasteiger charge is -2.26. The van der Waals surface area contributed by atoms with Crippen molar-refractivity contribution in [1.82, 2.24) is 25.5 Å². The maximum atomic E-state index is 10.0. The summed E-state index contributed by atoms with van der Waals surface area (Å²) in [7, 11) is 0. The standard InChI is InChI=1S/C15H22ClN5O2/c1-4-15(2,3)17-9-13(22)10-23-14-18-19-20-21(14)12-7-5-11(16)6-8-12/h5-8,13,17,22H,4,9-10H2,1-3H3. The van der Waals surface area contributed by atoms with Crippen molar-refractivity contribution < 1.29 is 9.84 Å². The van der Waals surface area contributed by atoms with Crippen molar-refractivity contribution in [3.63, 3.8) is 0 Å². The van der Waals surface area contributed by atoms with Gasteiger partial charge in [0.05, 0.1) is 5.69 Å². The minimum Gasteiger partial charge on any atom is -0.459 e. The Balaban J connectivity index is 1.92. The van der Waals surface area contributed by atoms with Crippen LogP contribution in [0.3, 0.4) is 0 Å². The summed E-state index contributed by atoms with van der Waals surface area (Å²) in [5.41, 5.74) is 0.709. The topological polar surface area (TPSA) is 85.1 Å². The van der Waals surface area contributed by atoms with E-state index in [4.69, 9.17) is 16.3 Å². The van der Waals surface area contributed by atoms with Crippen LogP contribution in [0.15, 0.2) is 24.3 Å². The Morgan fingerprint density at radius 2 is 2.04 bits per heavy atom. The Labute approximate surface area is 140 Å². The highest BCUT2D eigenvalue weighted by molar-refractivity contribution is 6.30. The molecule has 0 bridgehead atoms. The van der Waals surface area contributed by atoms with Crippen molar-refractivity contribution >= 4 is 11.6 Å². The predicted molar refractivity (Wildman–Crippen MR) is 88.0 cm³/mol. The number of hydrogen-bond donors (Lipinski definition) is 2. The lowest BCUT2D eigenvalue weighted by molar-refractivity contribution is 0.0924. The van der Waals surface area contributed by atoms with E-state index in [0.717, 1.165) is 12.1 Å². The molecule has 1 aromatic heterocycles. The molecule has 0 aliphatic heterocycles. The Morgan fingerprint density at radius 3 is 2.70 bits per heavy atom. The lowest BCUT2D eigenvalue weighted by Crippen LogP contribution is -2.44. The molecular weight excluding hydrogens is 318 g/mol. The number of aliphatic hydroxyl groups is 1. The summed E-state index contributed by atoms with van der Waals surface area (Å²) in [6, 6.07) is 7.28. The minimum absolute atomic E-state index is 0.0220. The Bertz CT molecular complexity index is 615. The highest BCUT2D eigenvalue weighted by Gasteiger charge is 2.17. The summed E-state index contributed by atoms with van der Waals surface area (Å²) in [4.78, 5) is 0. The zero-order valence-electron chi connectivity index (χ0n) is 13.5. The van der Waals surface area contributed by atoms with Crippen LogP contribution in [-0.2, 0) is 0 Å². The predicted octanol–water partition coefficient (Wildman–Crippen LogP) is 1.83. The van der Waals surface area contributed by atoms with E-state index in [1.807, 2.05) is 0 Å². The summed E-state index contributed by atoms with van der Waals surface area (Å²) in [6.45, 7) is 6.80. The van der Waals surface area contributed by atoms with Gasteiger partial charge in [0.2, 0.25) is 0 Å². The molecule has 0 spiro atoms. The maximum Gasteiger partial charge on any atom is 0.340 e. The number of benzene rings is 1. The summed E-state index contributed by atoms with van der Waals surface area (Å²) in [5.74, 6) is 0. The van der Waals surface area contributed by atoms with Gasteiger partial charge in [-0.15, -0.1) is 0 Å². The van der Waals surface area contributed by atoms with E-state index in [1.165, 1.54) is 4.68 Å². The summed E-state index contributed by atoms with van der Waals surface area (Å²) < 4.78 is 6.98. The van der Waals surface area contributed by atoms with Crippen molar-refractivity contribution in [3.05, 3.63) is 29.3 Å². The van der Waals surface area contributed by atoms with Crippen molar-refractivity contribution in [3.8, 4) is 11.7 Å². The molecule has 7 nitrogen and oxygen atoms in total. The number of nitrogens with zero attached hydrogens (tertiary/aromatic N) is 4. The number of rotatable bonds is 8. The molecule has 0 saturated carbocycles. The van der Waals surface area contributed by atoms with Crippen LogP contribution in [0.2, 0.25) is 5.02 Å². The first-order valence-electron chi connectivity index (χ1n) is 7.51. The third-order valence-corrected chi connectivity index (χ3v) is 3.87. The fourth-order valence-electron chi connectivity index (χ4n) is 1.76. The van der Waals surface area contributed by atoms with Crippen LogP contribution in [0.5, 0.6) is 6.01 Å². The molecule has 2 N–H and O–H groups in total. The Kier molecular flexibility index (Phi) is 5.92. The summed E-state index contributed by atoms with van der Waals surface area (Å²) in [5, 5.41) is 25.3. The van der Waals surface area contributed by atoms with Crippen LogP contribution in [0.25, 0.3) is 5.69 Å². The van der Waals surface area contributed by atoms with Gasteiger partial charge >= 0.3 is 6.01 Å². The molecule has 1 heterocycles. The normalized spacial score (nSPS) is 13.1. The van der Waals surface area contributed by atoms with Crippen LogP contribution in [0.1, 0.15) is 27.2 Å². The van der Waals surface area contributed by atoms with Gasteiger partial charge < -0.3 is 15.2 Å². The third kappa shape index (κ3) is 5.16. The van der Waals surface area contributed by atoms with Crippen molar-refractivity contribution in [2.75, 3.05) is 13.2 Å². The zero-order valence-corrected chi connectivity index (χ0v) is 14.3. The highest BCUT2D eigenvalue weighted by atomic mass is 35.5. The first kappa shape index (κ1) is 17.7. The summed E-state index contributed by atoms with van der Waals surface area (Å²) >= 11 is 5.87. The number of tetrazole rings is 1. The Morgan fingerprint density at radius 1 is 1.35 bits per heavy atom. The van der Waals surface area contributed by atoms with Gasteiger partial charge in [-0.3, -0.25) is 0 Å². The molecule has 2 rings (SSSR count). The number of hydrogen-bond acceptors (Lipinski definition) is 6. The molecule has 23 heavy (non-hydrogen) atoms. The third-order valence-electron chi connectivity index (χ3n) is 3.62. The van der Waals surface area contributed by atoms with Crippen LogP contribution >= 0.6 is 11.6 Å². The van der Waals surface area contributed by atoms with Crippen LogP contribution in [0.4, 0.5) is 0 Å². The average molecular weight is 340 g/mol. The van der Waals surface area contributed by atoms with E-state index in [-0.39, 0.29) is 18.2 Å². The fraction of sp³-hybridized carbons (Fsp3) is 0.533. The van der Waals surface area contributed by atoms with Crippen molar-refractivity contribution in [2.24, 2.45) is 0 Å². The lowest BCUT2D eigenvalue weighted by atomic mass is 10.0. The molecule has 0 saturated heterocycles. The number of aliphatic hydroxyl groups excluding tert-OH is 1. The number of nitrogens with one attached hydrogen (secondary N) is 1. The second-order valence-electron chi connectivity index (χ2n) is 5.93. The van der Waals surface area contributed by atoms with Crippen LogP contribution in [-0.4, -0.2) is 50.1 Å². The van der Waals surface area contributed by atoms with Gasteiger partial charge in [-0.1, -0.05) is 23.6 Å². The molecule has 0 aliphatic carbocycles. The van der Waals surface area contributed by atoms with E-state index in [9.17, 15) is 5.11 Å². The molecule has 0 fully saturated rings. The molecule has 1 aromatic carbocycles. The van der Waals surface area contributed by atoms with Crippen LogP contribution in [0, 0.1) is 0 Å². The number of halogens is 1. The minimum atomic E-state index is -0.656. The van der Waals surface area contributed by atoms with Crippen LogP contribution < -0.4 is 10.1 Å². The monoisotopic (exact) mass is 339 g/mol. The number of β-amino-alcohol motifs (C(OH)–C–C–N with tert-alkyl or cyclic N) is 1. The van der Waals surface area contributed by atoms with Crippen molar-refractivity contribution in [1.29, 1.82) is 0 Å². The maximum absolute atomic E-state index is 10.0. The smallest absolute Gasteiger partial charge is 0.340 e. The molecule has 126 valence electrons. The first-order valence-corrected chi connectivity index (χ1v) is 7.89. The van der Waals surface area contributed by atoms with E-state index >= 15 is 0 Å². The Hall–Kier alpha value is -1.70. The van der Waals surface area contributed by atoms with Gasteiger partial charge in [0.15, 0.2) is 0 Å². The van der Waals surface area contributed by atoms with E-state index in [1.54, 1.807) is 24.3 Å². The van der Waals surface area contributed by atoms with Gasteiger partial charge in [-0.2, -0.15) is 4.68 Å². The van der Waals surface area contributed by atoms with Gasteiger partial charge in [-0.05, 0) is 55.0 Å². The zero-order chi connectivity index (χ0) is 16.9. The summed E-state index contributed by atoms with van der Waals surface area (Å²) in [6.07, 6.45) is 0.311. The molecule has 0 aliphatic rings. The van der Waals surface area contributed by atoms with Crippen molar-refractivity contribution in [2.45, 2.75) is 38.8 Å². The molecule has 1 atom stereocenters.